The van der Waals surface area contributed by atoms with Crippen molar-refractivity contribution in [3.05, 3.63) is 28.1 Å². The second-order valence-corrected chi connectivity index (χ2v) is 10.7. The number of thiophene rings is 1. The highest BCUT2D eigenvalue weighted by atomic mass is 32.2. The maximum absolute atomic E-state index is 12.8. The van der Waals surface area contributed by atoms with Crippen molar-refractivity contribution in [3.63, 3.8) is 0 Å². The Morgan fingerprint density at radius 3 is 3.00 bits per heavy atom. The number of thiazole rings is 1. The summed E-state index contributed by atoms with van der Waals surface area (Å²) in [5.41, 5.74) is 1.04. The van der Waals surface area contributed by atoms with Gasteiger partial charge in [0.25, 0.3) is 10.0 Å². The fourth-order valence-corrected chi connectivity index (χ4v) is 7.25. The molecule has 140 valence electrons. The first kappa shape index (κ1) is 18.1. The highest BCUT2D eigenvalue weighted by Crippen LogP contribution is 2.31. The molecular weight excluding hydrogens is 392 g/mol. The van der Waals surface area contributed by atoms with E-state index in [0.29, 0.717) is 24.5 Å². The molecule has 0 radical (unpaired) electrons. The molecule has 2 aromatic heterocycles. The largest absolute Gasteiger partial charge is 0.301 e. The van der Waals surface area contributed by atoms with Crippen LogP contribution in [-0.2, 0) is 27.8 Å². The number of fused-ring (bicyclic) bond motifs is 1. The highest BCUT2D eigenvalue weighted by Gasteiger charge is 2.40. The molecule has 2 aromatic rings. The van der Waals surface area contributed by atoms with Crippen molar-refractivity contribution in [1.82, 2.24) is 14.2 Å². The van der Waals surface area contributed by atoms with Crippen molar-refractivity contribution in [2.75, 3.05) is 25.5 Å². The number of hydrogen-bond acceptors (Lipinski definition) is 7. The van der Waals surface area contributed by atoms with E-state index in [2.05, 4.69) is 22.2 Å². The first-order valence-corrected chi connectivity index (χ1v) is 11.6. The molecule has 26 heavy (non-hydrogen) atoms. The Bertz CT molecular complexity index is 907. The second kappa shape index (κ2) is 7.01. The van der Waals surface area contributed by atoms with Gasteiger partial charge in [-0.3, -0.25) is 4.79 Å². The zero-order valence-corrected chi connectivity index (χ0v) is 16.8. The van der Waals surface area contributed by atoms with Crippen molar-refractivity contribution in [2.24, 2.45) is 0 Å². The molecule has 0 aliphatic carbocycles. The lowest BCUT2D eigenvalue weighted by Crippen LogP contribution is -2.42. The van der Waals surface area contributed by atoms with E-state index in [1.807, 2.05) is 0 Å². The minimum atomic E-state index is -3.62. The third-order valence-corrected chi connectivity index (χ3v) is 9.00. The van der Waals surface area contributed by atoms with E-state index in [0.717, 1.165) is 25.2 Å². The van der Waals surface area contributed by atoms with E-state index in [-0.39, 0.29) is 10.1 Å². The molecule has 0 bridgehead atoms. The van der Waals surface area contributed by atoms with Gasteiger partial charge in [-0.1, -0.05) is 6.07 Å². The molecule has 2 aliphatic rings. The Kier molecular flexibility index (Phi) is 4.86. The van der Waals surface area contributed by atoms with Crippen LogP contribution in [0.3, 0.4) is 0 Å². The number of carbonyl (C=O) groups excluding carboxylic acids is 1. The molecule has 1 fully saturated rings. The van der Waals surface area contributed by atoms with Crippen LogP contribution in [0.5, 0.6) is 0 Å². The Hall–Kier alpha value is -1.33. The minimum Gasteiger partial charge on any atom is -0.301 e. The first-order valence-electron chi connectivity index (χ1n) is 8.48. The van der Waals surface area contributed by atoms with Gasteiger partial charge in [0.1, 0.15) is 10.3 Å². The standard InChI is InChI=1S/C16H20N4O3S3/c1-19-8-6-11-13(10-19)25-16(17-11)18-15(21)12-4-2-7-20(12)26(22,23)14-5-3-9-24-14/h3,5,9,12H,2,4,6-8,10H2,1H3,(H,17,18,21). The minimum absolute atomic E-state index is 0.282. The fraction of sp³-hybridized carbons (Fsp3) is 0.500. The van der Waals surface area contributed by atoms with Crippen LogP contribution >= 0.6 is 22.7 Å². The Balaban J connectivity index is 1.51. The van der Waals surface area contributed by atoms with Gasteiger partial charge in [-0.2, -0.15) is 4.31 Å². The molecule has 4 rings (SSSR count). The molecule has 1 amide bonds. The Morgan fingerprint density at radius 2 is 2.23 bits per heavy atom. The lowest BCUT2D eigenvalue weighted by atomic mass is 10.2. The molecule has 10 heteroatoms. The molecular formula is C16H20N4O3S3. The van der Waals surface area contributed by atoms with Crippen molar-refractivity contribution in [1.29, 1.82) is 0 Å². The Morgan fingerprint density at radius 1 is 1.38 bits per heavy atom. The van der Waals surface area contributed by atoms with Crippen LogP contribution in [0.25, 0.3) is 0 Å². The summed E-state index contributed by atoms with van der Waals surface area (Å²) in [6.07, 6.45) is 2.09. The van der Waals surface area contributed by atoms with E-state index >= 15 is 0 Å². The molecule has 0 spiro atoms. The van der Waals surface area contributed by atoms with Crippen LogP contribution in [-0.4, -0.2) is 54.7 Å². The number of likely N-dealkylation sites (N-methyl/N-ethyl adjacent to an activating group) is 1. The summed E-state index contributed by atoms with van der Waals surface area (Å²) in [4.78, 5) is 20.7. The van der Waals surface area contributed by atoms with Crippen molar-refractivity contribution in [2.45, 2.75) is 36.1 Å². The van der Waals surface area contributed by atoms with Crippen LogP contribution in [0.4, 0.5) is 5.13 Å². The number of hydrogen-bond donors (Lipinski definition) is 1. The van der Waals surface area contributed by atoms with Gasteiger partial charge >= 0.3 is 0 Å². The molecule has 0 saturated carbocycles. The van der Waals surface area contributed by atoms with Crippen LogP contribution < -0.4 is 5.32 Å². The zero-order chi connectivity index (χ0) is 18.3. The average Bonchev–Trinajstić information content (AvgIpc) is 3.34. The number of aromatic nitrogens is 1. The number of amides is 1. The topological polar surface area (TPSA) is 82.6 Å². The summed E-state index contributed by atoms with van der Waals surface area (Å²) in [7, 11) is -1.56. The van der Waals surface area contributed by atoms with E-state index in [1.165, 1.54) is 31.9 Å². The van der Waals surface area contributed by atoms with Gasteiger partial charge < -0.3 is 10.2 Å². The summed E-state index contributed by atoms with van der Waals surface area (Å²) < 4.78 is 27.2. The number of anilines is 1. The summed E-state index contributed by atoms with van der Waals surface area (Å²) in [6.45, 7) is 2.17. The number of rotatable bonds is 4. The van der Waals surface area contributed by atoms with Crippen molar-refractivity contribution in [3.8, 4) is 0 Å². The molecule has 0 aromatic carbocycles. The predicted molar refractivity (Wildman–Crippen MR) is 102 cm³/mol. The van der Waals surface area contributed by atoms with Crippen LogP contribution in [0.2, 0.25) is 0 Å². The lowest BCUT2D eigenvalue weighted by Gasteiger charge is -2.22. The van der Waals surface area contributed by atoms with Gasteiger partial charge in [-0.15, -0.1) is 22.7 Å². The van der Waals surface area contributed by atoms with Crippen molar-refractivity contribution < 1.29 is 13.2 Å². The van der Waals surface area contributed by atoms with Gasteiger partial charge in [0.2, 0.25) is 5.91 Å². The summed E-state index contributed by atoms with van der Waals surface area (Å²) in [5.74, 6) is -0.290. The normalized spacial score (nSPS) is 21.7. The summed E-state index contributed by atoms with van der Waals surface area (Å²) >= 11 is 2.66. The first-order chi connectivity index (χ1) is 12.4. The molecule has 1 saturated heterocycles. The maximum atomic E-state index is 12.8. The molecule has 2 aliphatic heterocycles. The molecule has 4 heterocycles. The molecule has 7 nitrogen and oxygen atoms in total. The number of sulfonamides is 1. The monoisotopic (exact) mass is 412 g/mol. The van der Waals surface area contributed by atoms with Crippen LogP contribution in [0.1, 0.15) is 23.4 Å². The quantitative estimate of drug-likeness (QED) is 0.830. The average molecular weight is 413 g/mol. The SMILES string of the molecule is CN1CCc2nc(NC(=O)C3CCCN3S(=O)(=O)c3cccs3)sc2C1. The number of carbonyl (C=O) groups is 1. The van der Waals surface area contributed by atoms with E-state index < -0.39 is 16.1 Å². The second-order valence-electron chi connectivity index (χ2n) is 6.57. The lowest BCUT2D eigenvalue weighted by molar-refractivity contribution is -0.119. The Labute approximate surface area is 160 Å². The molecule has 1 unspecified atom stereocenters. The smallest absolute Gasteiger partial charge is 0.253 e. The zero-order valence-electron chi connectivity index (χ0n) is 14.3. The number of nitrogens with zero attached hydrogens (tertiary/aromatic N) is 3. The molecule has 1 atom stereocenters. The van der Waals surface area contributed by atoms with E-state index in [4.69, 9.17) is 0 Å². The number of nitrogens with one attached hydrogen (secondary N) is 1. The van der Waals surface area contributed by atoms with Gasteiger partial charge in [0, 0.05) is 30.9 Å². The molecule has 1 N–H and O–H groups in total. The summed E-state index contributed by atoms with van der Waals surface area (Å²) in [6, 6.07) is 2.61. The third-order valence-electron chi connectivity index (χ3n) is 4.72. The van der Waals surface area contributed by atoms with E-state index in [9.17, 15) is 13.2 Å². The van der Waals surface area contributed by atoms with Gasteiger partial charge in [0.15, 0.2) is 5.13 Å². The van der Waals surface area contributed by atoms with Crippen LogP contribution in [0.15, 0.2) is 21.7 Å². The fourth-order valence-electron chi connectivity index (χ4n) is 3.38. The van der Waals surface area contributed by atoms with Gasteiger partial charge in [-0.25, -0.2) is 13.4 Å². The highest BCUT2D eigenvalue weighted by molar-refractivity contribution is 7.91. The van der Waals surface area contributed by atoms with Crippen LogP contribution in [0, 0.1) is 0 Å². The van der Waals surface area contributed by atoms with Gasteiger partial charge in [-0.05, 0) is 31.3 Å². The third kappa shape index (κ3) is 3.31. The van der Waals surface area contributed by atoms with E-state index in [1.54, 1.807) is 17.5 Å². The maximum Gasteiger partial charge on any atom is 0.253 e. The summed E-state index contributed by atoms with van der Waals surface area (Å²) in [5, 5.41) is 5.15. The van der Waals surface area contributed by atoms with Gasteiger partial charge in [0.05, 0.1) is 5.69 Å². The predicted octanol–water partition coefficient (Wildman–Crippen LogP) is 1.98. The van der Waals surface area contributed by atoms with Crippen molar-refractivity contribution >= 4 is 43.7 Å².